The van der Waals surface area contributed by atoms with E-state index in [0.29, 0.717) is 47.8 Å². The molecule has 0 aliphatic carbocycles. The number of nitrogen functional groups attached to an aromatic ring is 1. The Labute approximate surface area is 195 Å². The zero-order chi connectivity index (χ0) is 25.2. The Morgan fingerprint density at radius 1 is 1.18 bits per heavy atom. The van der Waals surface area contributed by atoms with Crippen molar-refractivity contribution in [3.8, 4) is 22.8 Å². The van der Waals surface area contributed by atoms with Crippen molar-refractivity contribution in [2.75, 3.05) is 18.8 Å². The fourth-order valence-corrected chi connectivity index (χ4v) is 4.18. The largest absolute Gasteiger partial charge is 0.457 e. The van der Waals surface area contributed by atoms with Gasteiger partial charge in [0.25, 0.3) is 0 Å². The third-order valence-electron chi connectivity index (χ3n) is 5.76. The number of benzene rings is 2. The fourth-order valence-electron chi connectivity index (χ4n) is 4.18. The van der Waals surface area contributed by atoms with Gasteiger partial charge in [-0.15, -0.1) is 0 Å². The van der Waals surface area contributed by atoms with Crippen LogP contribution in [0.2, 0.25) is 0 Å². The highest BCUT2D eigenvalue weighted by atomic mass is 16.5. The molecule has 8 heteroatoms. The molecule has 3 heterocycles. The van der Waals surface area contributed by atoms with Crippen LogP contribution in [-0.2, 0) is 4.79 Å². The van der Waals surface area contributed by atoms with E-state index in [1.54, 1.807) is 4.68 Å². The first-order chi connectivity index (χ1) is 17.4. The third kappa shape index (κ3) is 4.03. The van der Waals surface area contributed by atoms with Crippen LogP contribution in [0.4, 0.5) is 5.82 Å². The molecule has 2 N–H and O–H groups in total. The molecule has 0 radical (unpaired) electrons. The van der Waals surface area contributed by atoms with Gasteiger partial charge in [0, 0.05) is 18.7 Å². The van der Waals surface area contributed by atoms with Gasteiger partial charge in [-0.3, -0.25) is 4.79 Å². The van der Waals surface area contributed by atoms with Crippen LogP contribution >= 0.6 is 0 Å². The number of para-hydroxylation sites is 1. The van der Waals surface area contributed by atoms with Gasteiger partial charge in [-0.2, -0.15) is 5.10 Å². The van der Waals surface area contributed by atoms with Gasteiger partial charge in [-0.1, -0.05) is 24.7 Å². The quantitative estimate of drug-likeness (QED) is 0.464. The standard InChI is InChI=1S/C25H24N6O2/c1-2-21(32)30-14-6-7-18(15-30)31-25-22(24(26)27-16-28-25)23(29-31)17-10-12-20(13-11-17)33-19-8-4-3-5-9-19/h2-5,8-13,16,18H,1,6-7,14-15H2,(H2,26,27,28)/t18-/m1/s1/i1D2,2D. The van der Waals surface area contributed by atoms with Gasteiger partial charge in [-0.25, -0.2) is 14.6 Å². The van der Waals surface area contributed by atoms with Crippen molar-refractivity contribution in [1.29, 1.82) is 0 Å². The average molecular weight is 444 g/mol. The van der Waals surface area contributed by atoms with Crippen LogP contribution in [0.1, 0.15) is 23.0 Å². The van der Waals surface area contributed by atoms with Crippen molar-refractivity contribution < 1.29 is 13.6 Å². The first-order valence-corrected chi connectivity index (χ1v) is 10.7. The summed E-state index contributed by atoms with van der Waals surface area (Å²) >= 11 is 0. The van der Waals surface area contributed by atoms with Gasteiger partial charge in [-0.05, 0) is 55.3 Å². The minimum absolute atomic E-state index is 0.207. The number of hydrogen-bond donors (Lipinski definition) is 1. The summed E-state index contributed by atoms with van der Waals surface area (Å²) < 4.78 is 30.0. The Morgan fingerprint density at radius 3 is 2.76 bits per heavy atom. The molecule has 4 aromatic rings. The summed E-state index contributed by atoms with van der Waals surface area (Å²) in [6.07, 6.45) is 2.83. The van der Waals surface area contributed by atoms with Crippen molar-refractivity contribution >= 4 is 22.8 Å². The van der Waals surface area contributed by atoms with E-state index in [1.807, 2.05) is 54.6 Å². The number of rotatable bonds is 5. The van der Waals surface area contributed by atoms with E-state index < -0.39 is 18.5 Å². The number of nitrogens with two attached hydrogens (primary N) is 1. The monoisotopic (exact) mass is 443 g/mol. The van der Waals surface area contributed by atoms with Crippen molar-refractivity contribution in [3.05, 3.63) is 73.5 Å². The molecule has 0 saturated carbocycles. The Morgan fingerprint density at radius 2 is 1.97 bits per heavy atom. The molecule has 1 amide bonds. The van der Waals surface area contributed by atoms with Crippen LogP contribution in [0, 0.1) is 0 Å². The lowest BCUT2D eigenvalue weighted by molar-refractivity contribution is -0.127. The van der Waals surface area contributed by atoms with E-state index in [-0.39, 0.29) is 6.04 Å². The number of nitrogens with zero attached hydrogens (tertiary/aromatic N) is 5. The summed E-state index contributed by atoms with van der Waals surface area (Å²) in [7, 11) is 0. The average Bonchev–Trinajstić information content (AvgIpc) is 3.30. The molecule has 1 atom stereocenters. The summed E-state index contributed by atoms with van der Waals surface area (Å²) in [5.74, 6) is 1.10. The van der Waals surface area contributed by atoms with Gasteiger partial charge in [0.1, 0.15) is 29.3 Å². The van der Waals surface area contributed by atoms with Crippen LogP contribution in [0.3, 0.4) is 0 Å². The zero-order valence-corrected chi connectivity index (χ0v) is 17.8. The molecule has 2 aromatic carbocycles. The summed E-state index contributed by atoms with van der Waals surface area (Å²) in [6, 6.07) is 16.2. The van der Waals surface area contributed by atoms with Gasteiger partial charge in [0.15, 0.2) is 5.65 Å². The maximum Gasteiger partial charge on any atom is 0.246 e. The number of aromatic nitrogens is 4. The number of carbonyl (C=O) groups is 1. The molecule has 1 aliphatic heterocycles. The highest BCUT2D eigenvalue weighted by molar-refractivity contribution is 5.98. The Bertz CT molecular complexity index is 1440. The first-order valence-electron chi connectivity index (χ1n) is 12.2. The molecule has 0 spiro atoms. The zero-order valence-electron chi connectivity index (χ0n) is 20.8. The molecule has 0 unspecified atom stereocenters. The van der Waals surface area contributed by atoms with Crippen LogP contribution < -0.4 is 10.5 Å². The smallest absolute Gasteiger partial charge is 0.246 e. The Hall–Kier alpha value is -4.20. The van der Waals surface area contributed by atoms with Gasteiger partial charge in [0.2, 0.25) is 5.91 Å². The van der Waals surface area contributed by atoms with Crippen LogP contribution in [0.15, 0.2) is 73.5 Å². The Kier molecular flexibility index (Phi) is 4.60. The molecule has 1 saturated heterocycles. The van der Waals surface area contributed by atoms with Crippen molar-refractivity contribution in [3.63, 3.8) is 0 Å². The number of amides is 1. The summed E-state index contributed by atoms with van der Waals surface area (Å²) in [4.78, 5) is 22.7. The summed E-state index contributed by atoms with van der Waals surface area (Å²) in [6.45, 7) is -0.0515. The van der Waals surface area contributed by atoms with E-state index >= 15 is 0 Å². The Balaban J connectivity index is 1.48. The maximum atomic E-state index is 12.6. The number of carbonyl (C=O) groups excluding carboxylic acids is 1. The molecule has 33 heavy (non-hydrogen) atoms. The van der Waals surface area contributed by atoms with Crippen LogP contribution in [0.5, 0.6) is 11.5 Å². The molecule has 5 rings (SSSR count). The van der Waals surface area contributed by atoms with Crippen molar-refractivity contribution in [2.24, 2.45) is 0 Å². The highest BCUT2D eigenvalue weighted by Gasteiger charge is 2.28. The molecule has 8 nitrogen and oxygen atoms in total. The highest BCUT2D eigenvalue weighted by Crippen LogP contribution is 2.34. The fraction of sp³-hybridized carbons (Fsp3) is 0.200. The van der Waals surface area contributed by atoms with Gasteiger partial charge >= 0.3 is 0 Å². The SMILES string of the molecule is [2H]C([2H])=C([2H])C(=O)N1CCC[C@@H](n2nc(-c3ccc(Oc4ccccc4)cc3)c3c(N)ncnc32)C1. The first kappa shape index (κ1) is 17.4. The number of hydrogen-bond acceptors (Lipinski definition) is 6. The van der Waals surface area contributed by atoms with Gasteiger partial charge in [0.05, 0.1) is 15.5 Å². The normalized spacial score (nSPS) is 17.2. The minimum atomic E-state index is -0.797. The molecule has 166 valence electrons. The third-order valence-corrected chi connectivity index (χ3v) is 5.76. The lowest BCUT2D eigenvalue weighted by atomic mass is 10.1. The van der Waals surface area contributed by atoms with E-state index in [2.05, 4.69) is 9.97 Å². The summed E-state index contributed by atoms with van der Waals surface area (Å²) in [5, 5.41) is 5.48. The molecule has 0 bridgehead atoms. The number of ether oxygens (including phenoxy) is 1. The van der Waals surface area contributed by atoms with E-state index in [9.17, 15) is 4.79 Å². The van der Waals surface area contributed by atoms with Gasteiger partial charge < -0.3 is 15.4 Å². The van der Waals surface area contributed by atoms with Crippen molar-refractivity contribution in [2.45, 2.75) is 18.9 Å². The molecular weight excluding hydrogens is 416 g/mol. The predicted octanol–water partition coefficient (Wildman–Crippen LogP) is 4.22. The lowest BCUT2D eigenvalue weighted by Gasteiger charge is -2.32. The number of fused-ring (bicyclic) bond motifs is 1. The minimum Gasteiger partial charge on any atom is -0.457 e. The van der Waals surface area contributed by atoms with E-state index in [1.165, 1.54) is 11.2 Å². The van der Waals surface area contributed by atoms with Crippen molar-refractivity contribution in [1.82, 2.24) is 24.6 Å². The molecule has 2 aromatic heterocycles. The summed E-state index contributed by atoms with van der Waals surface area (Å²) in [5.41, 5.74) is 8.25. The van der Waals surface area contributed by atoms with Crippen LogP contribution in [-0.4, -0.2) is 43.6 Å². The number of anilines is 1. The second-order valence-corrected chi connectivity index (χ2v) is 7.86. The number of likely N-dealkylation sites (tertiary alicyclic amines) is 1. The van der Waals surface area contributed by atoms with Crippen LogP contribution in [0.25, 0.3) is 22.3 Å². The second-order valence-electron chi connectivity index (χ2n) is 7.86. The molecule has 1 aliphatic rings. The topological polar surface area (TPSA) is 99.2 Å². The maximum absolute atomic E-state index is 12.6. The lowest BCUT2D eigenvalue weighted by Crippen LogP contribution is -2.40. The van der Waals surface area contributed by atoms with E-state index in [0.717, 1.165) is 17.7 Å². The number of piperidine rings is 1. The predicted molar refractivity (Wildman–Crippen MR) is 127 cm³/mol. The molecular formula is C25H24N6O2. The molecule has 1 fully saturated rings. The second kappa shape index (κ2) is 8.74. The van der Waals surface area contributed by atoms with E-state index in [4.69, 9.17) is 19.7 Å².